The molecule has 0 radical (unpaired) electrons. The van der Waals surface area contributed by atoms with Crippen molar-refractivity contribution in [3.05, 3.63) is 47.7 Å². The van der Waals surface area contributed by atoms with E-state index in [0.717, 1.165) is 16.7 Å². The molecule has 6 nitrogen and oxygen atoms in total. The van der Waals surface area contributed by atoms with E-state index in [2.05, 4.69) is 10.1 Å². The average Bonchev–Trinajstić information content (AvgIpc) is 2.80. The minimum absolute atomic E-state index is 0.213. The van der Waals surface area contributed by atoms with Gasteiger partial charge < -0.3 is 10.8 Å². The molecule has 0 bridgehead atoms. The molecule has 0 saturated carbocycles. The number of carboxylic acid groups (broad SMARTS) is 1. The van der Waals surface area contributed by atoms with Gasteiger partial charge in [0.2, 0.25) is 5.95 Å². The van der Waals surface area contributed by atoms with E-state index >= 15 is 0 Å². The number of fused-ring (bicyclic) bond motifs is 1. The zero-order valence-electron chi connectivity index (χ0n) is 10.7. The number of aryl methyl sites for hydroxylation is 1. The molecule has 100 valence electrons. The van der Waals surface area contributed by atoms with Crippen molar-refractivity contribution in [3.63, 3.8) is 0 Å². The number of aromatic carboxylic acids is 1. The maximum absolute atomic E-state index is 11.0. The van der Waals surface area contributed by atoms with Gasteiger partial charge in [-0.1, -0.05) is 12.1 Å². The Morgan fingerprint density at radius 2 is 2.10 bits per heavy atom. The zero-order chi connectivity index (χ0) is 14.3. The molecule has 0 saturated heterocycles. The fourth-order valence-electron chi connectivity index (χ4n) is 2.16. The minimum Gasteiger partial charge on any atom is -0.478 e. The lowest BCUT2D eigenvalue weighted by molar-refractivity contribution is 0.0697. The molecule has 3 aromatic rings. The number of nitrogen functional groups attached to an aromatic ring is 1. The standard InChI is InChI=1S/C14H12N4O2/c1-8-5-11(7-18-12(8)16-14(15)17-18)9-3-2-4-10(6-9)13(19)20/h2-7H,1H3,(H2,15,17)(H,19,20). The molecule has 0 aliphatic heterocycles. The number of pyridine rings is 1. The third-order valence-electron chi connectivity index (χ3n) is 3.08. The lowest BCUT2D eigenvalue weighted by Gasteiger charge is -2.05. The Morgan fingerprint density at radius 1 is 1.30 bits per heavy atom. The van der Waals surface area contributed by atoms with Gasteiger partial charge >= 0.3 is 5.97 Å². The summed E-state index contributed by atoms with van der Waals surface area (Å²) in [6.07, 6.45) is 1.78. The Labute approximate surface area is 114 Å². The van der Waals surface area contributed by atoms with Crippen LogP contribution in [0.4, 0.5) is 5.95 Å². The average molecular weight is 268 g/mol. The third kappa shape index (κ3) is 1.97. The highest BCUT2D eigenvalue weighted by Gasteiger charge is 2.09. The number of aromatic nitrogens is 3. The lowest BCUT2D eigenvalue weighted by Crippen LogP contribution is -1.97. The van der Waals surface area contributed by atoms with Crippen LogP contribution in [0.1, 0.15) is 15.9 Å². The summed E-state index contributed by atoms with van der Waals surface area (Å²) in [4.78, 5) is 15.2. The highest BCUT2D eigenvalue weighted by Crippen LogP contribution is 2.23. The van der Waals surface area contributed by atoms with Gasteiger partial charge in [0.15, 0.2) is 5.65 Å². The van der Waals surface area contributed by atoms with Crippen molar-refractivity contribution >= 4 is 17.6 Å². The molecule has 0 aliphatic carbocycles. The summed E-state index contributed by atoms with van der Waals surface area (Å²) in [6, 6.07) is 8.69. The molecule has 0 aliphatic rings. The fourth-order valence-corrected chi connectivity index (χ4v) is 2.16. The van der Waals surface area contributed by atoms with Gasteiger partial charge in [0.1, 0.15) is 0 Å². The van der Waals surface area contributed by atoms with Crippen molar-refractivity contribution in [1.29, 1.82) is 0 Å². The van der Waals surface area contributed by atoms with Gasteiger partial charge in [-0.3, -0.25) is 0 Å². The van der Waals surface area contributed by atoms with Crippen LogP contribution in [0.5, 0.6) is 0 Å². The van der Waals surface area contributed by atoms with Crippen LogP contribution in [0.2, 0.25) is 0 Å². The summed E-state index contributed by atoms with van der Waals surface area (Å²) in [5, 5.41) is 13.1. The van der Waals surface area contributed by atoms with Gasteiger partial charge in [0.05, 0.1) is 5.56 Å². The van der Waals surface area contributed by atoms with Crippen LogP contribution < -0.4 is 5.73 Å². The Morgan fingerprint density at radius 3 is 2.85 bits per heavy atom. The molecule has 0 atom stereocenters. The van der Waals surface area contributed by atoms with E-state index in [1.807, 2.05) is 19.1 Å². The molecule has 0 fully saturated rings. The van der Waals surface area contributed by atoms with Crippen molar-refractivity contribution in [1.82, 2.24) is 14.6 Å². The van der Waals surface area contributed by atoms with E-state index in [1.165, 1.54) is 0 Å². The van der Waals surface area contributed by atoms with Crippen LogP contribution in [0.25, 0.3) is 16.8 Å². The maximum atomic E-state index is 11.0. The largest absolute Gasteiger partial charge is 0.478 e. The molecule has 0 unspecified atom stereocenters. The lowest BCUT2D eigenvalue weighted by atomic mass is 10.0. The summed E-state index contributed by atoms with van der Waals surface area (Å²) in [5.74, 6) is -0.737. The Hall–Kier alpha value is -2.89. The van der Waals surface area contributed by atoms with E-state index < -0.39 is 5.97 Å². The molecule has 2 heterocycles. The normalized spacial score (nSPS) is 10.8. The summed E-state index contributed by atoms with van der Waals surface area (Å²) in [5.41, 5.74) is 9.13. The number of carbonyl (C=O) groups is 1. The SMILES string of the molecule is Cc1cc(-c2cccc(C(=O)O)c2)cn2nc(N)nc12. The first-order valence-electron chi connectivity index (χ1n) is 6.01. The predicted molar refractivity (Wildman–Crippen MR) is 74.5 cm³/mol. The van der Waals surface area contributed by atoms with Crippen molar-refractivity contribution in [3.8, 4) is 11.1 Å². The molecular weight excluding hydrogens is 256 g/mol. The fraction of sp³-hybridized carbons (Fsp3) is 0.0714. The Kier molecular flexibility index (Phi) is 2.64. The first-order valence-corrected chi connectivity index (χ1v) is 6.01. The molecule has 0 amide bonds. The van der Waals surface area contributed by atoms with Gasteiger partial charge in [-0.2, -0.15) is 4.98 Å². The van der Waals surface area contributed by atoms with E-state index in [-0.39, 0.29) is 11.5 Å². The van der Waals surface area contributed by atoms with Gasteiger partial charge in [-0.25, -0.2) is 9.31 Å². The second-order valence-corrected chi connectivity index (χ2v) is 4.54. The van der Waals surface area contributed by atoms with Gasteiger partial charge in [0, 0.05) is 11.8 Å². The number of rotatable bonds is 2. The number of nitrogens with zero attached hydrogens (tertiary/aromatic N) is 3. The number of hydrogen-bond acceptors (Lipinski definition) is 4. The number of benzene rings is 1. The van der Waals surface area contributed by atoms with Crippen molar-refractivity contribution in [2.75, 3.05) is 5.73 Å². The highest BCUT2D eigenvalue weighted by molar-refractivity contribution is 5.89. The monoisotopic (exact) mass is 268 g/mol. The van der Waals surface area contributed by atoms with Gasteiger partial charge in [-0.15, -0.1) is 5.10 Å². The van der Waals surface area contributed by atoms with E-state index in [4.69, 9.17) is 10.8 Å². The predicted octanol–water partition coefficient (Wildman–Crippen LogP) is 1.99. The number of anilines is 1. The van der Waals surface area contributed by atoms with Crippen molar-refractivity contribution in [2.45, 2.75) is 6.92 Å². The molecule has 2 aromatic heterocycles. The third-order valence-corrected chi connectivity index (χ3v) is 3.08. The summed E-state index contributed by atoms with van der Waals surface area (Å²) in [7, 11) is 0. The van der Waals surface area contributed by atoms with Crippen molar-refractivity contribution < 1.29 is 9.90 Å². The number of nitrogens with two attached hydrogens (primary N) is 1. The molecule has 3 N–H and O–H groups in total. The van der Waals surface area contributed by atoms with E-state index in [9.17, 15) is 4.79 Å². The Balaban J connectivity index is 2.19. The Bertz CT molecular complexity index is 823. The molecule has 20 heavy (non-hydrogen) atoms. The van der Waals surface area contributed by atoms with Crippen LogP contribution in [-0.4, -0.2) is 25.7 Å². The van der Waals surface area contributed by atoms with Crippen LogP contribution in [0, 0.1) is 6.92 Å². The summed E-state index contributed by atoms with van der Waals surface area (Å²) < 4.78 is 1.60. The summed E-state index contributed by atoms with van der Waals surface area (Å²) >= 11 is 0. The van der Waals surface area contributed by atoms with Gasteiger partial charge in [0.25, 0.3) is 0 Å². The van der Waals surface area contributed by atoms with Crippen LogP contribution in [0.15, 0.2) is 36.5 Å². The molecule has 3 rings (SSSR count). The smallest absolute Gasteiger partial charge is 0.335 e. The number of hydrogen-bond donors (Lipinski definition) is 2. The quantitative estimate of drug-likeness (QED) is 0.741. The van der Waals surface area contributed by atoms with E-state index in [0.29, 0.717) is 5.65 Å². The maximum Gasteiger partial charge on any atom is 0.335 e. The molecule has 6 heteroatoms. The first kappa shape index (κ1) is 12.2. The molecular formula is C14H12N4O2. The topological polar surface area (TPSA) is 93.5 Å². The van der Waals surface area contributed by atoms with Crippen molar-refractivity contribution in [2.24, 2.45) is 0 Å². The van der Waals surface area contributed by atoms with Crippen LogP contribution in [0.3, 0.4) is 0 Å². The number of carboxylic acids is 1. The minimum atomic E-state index is -0.949. The summed E-state index contributed by atoms with van der Waals surface area (Å²) in [6.45, 7) is 1.91. The molecule has 1 aromatic carbocycles. The first-order chi connectivity index (χ1) is 9.54. The highest BCUT2D eigenvalue weighted by atomic mass is 16.4. The molecule has 0 spiro atoms. The van der Waals surface area contributed by atoms with Crippen LogP contribution in [-0.2, 0) is 0 Å². The zero-order valence-corrected chi connectivity index (χ0v) is 10.7. The van der Waals surface area contributed by atoms with Gasteiger partial charge in [-0.05, 0) is 36.2 Å². The second-order valence-electron chi connectivity index (χ2n) is 4.54. The van der Waals surface area contributed by atoms with E-state index in [1.54, 1.807) is 28.9 Å². The second kappa shape index (κ2) is 4.34. The van der Waals surface area contributed by atoms with Crippen LogP contribution >= 0.6 is 0 Å².